The lowest BCUT2D eigenvalue weighted by atomic mass is 10.2. The lowest BCUT2D eigenvalue weighted by Crippen LogP contribution is -2.46. The molecule has 2 rings (SSSR count). The molecule has 19 heavy (non-hydrogen) atoms. The Bertz CT molecular complexity index is 489. The summed E-state index contributed by atoms with van der Waals surface area (Å²) in [6, 6.07) is 5.27. The monoisotopic (exact) mass is 264 g/mol. The number of ether oxygens (including phenoxy) is 1. The molecule has 0 spiro atoms. The number of carboxylic acids is 1. The molecule has 0 saturated carbocycles. The number of carbonyl (C=O) groups excluding carboxylic acids is 1. The third-order valence-electron chi connectivity index (χ3n) is 2.94. The van der Waals surface area contributed by atoms with Gasteiger partial charge in [-0.1, -0.05) is 6.07 Å². The lowest BCUT2D eigenvalue weighted by Gasteiger charge is -2.32. The lowest BCUT2D eigenvalue weighted by molar-refractivity contribution is -0.141. The highest BCUT2D eigenvalue weighted by Crippen LogP contribution is 2.12. The van der Waals surface area contributed by atoms with Crippen molar-refractivity contribution in [3.63, 3.8) is 0 Å². The van der Waals surface area contributed by atoms with E-state index in [-0.39, 0.29) is 12.3 Å². The van der Waals surface area contributed by atoms with Crippen molar-refractivity contribution in [2.45, 2.75) is 19.4 Å². The summed E-state index contributed by atoms with van der Waals surface area (Å²) in [6.07, 6.45) is -0.537. The number of aryl methyl sites for hydroxylation is 1. The van der Waals surface area contributed by atoms with Crippen LogP contribution in [0.1, 0.15) is 22.6 Å². The summed E-state index contributed by atoms with van der Waals surface area (Å²) >= 11 is 0. The van der Waals surface area contributed by atoms with Gasteiger partial charge < -0.3 is 14.7 Å². The first-order chi connectivity index (χ1) is 9.06. The summed E-state index contributed by atoms with van der Waals surface area (Å²) in [5.74, 6) is -1.10. The number of carbonyl (C=O) groups is 2. The molecule has 0 aromatic carbocycles. The molecular formula is C13H16N2O4. The van der Waals surface area contributed by atoms with Crippen LogP contribution in [0.2, 0.25) is 0 Å². The van der Waals surface area contributed by atoms with Gasteiger partial charge in [-0.3, -0.25) is 9.59 Å². The van der Waals surface area contributed by atoms with Gasteiger partial charge >= 0.3 is 5.97 Å². The van der Waals surface area contributed by atoms with E-state index in [1.807, 2.05) is 13.0 Å². The summed E-state index contributed by atoms with van der Waals surface area (Å²) in [6.45, 7) is 2.93. The van der Waals surface area contributed by atoms with Crippen molar-refractivity contribution in [2.24, 2.45) is 0 Å². The third kappa shape index (κ3) is 3.51. The van der Waals surface area contributed by atoms with Crippen LogP contribution in [0, 0.1) is 6.92 Å². The number of morpholine rings is 1. The van der Waals surface area contributed by atoms with Crippen molar-refractivity contribution in [1.29, 1.82) is 0 Å². The van der Waals surface area contributed by atoms with E-state index in [1.165, 1.54) is 0 Å². The van der Waals surface area contributed by atoms with E-state index in [1.54, 1.807) is 17.0 Å². The normalized spacial score (nSPS) is 19.2. The predicted molar refractivity (Wildman–Crippen MR) is 66.9 cm³/mol. The molecule has 0 radical (unpaired) electrons. The maximum Gasteiger partial charge on any atom is 0.306 e. The van der Waals surface area contributed by atoms with Crippen LogP contribution >= 0.6 is 0 Å². The molecule has 102 valence electrons. The van der Waals surface area contributed by atoms with Gasteiger partial charge in [-0.05, 0) is 19.1 Å². The van der Waals surface area contributed by atoms with Crippen LogP contribution in [0.4, 0.5) is 0 Å². The van der Waals surface area contributed by atoms with Crippen LogP contribution < -0.4 is 0 Å². The van der Waals surface area contributed by atoms with E-state index in [0.29, 0.717) is 25.4 Å². The minimum Gasteiger partial charge on any atom is -0.481 e. The number of nitrogens with zero attached hydrogens (tertiary/aromatic N) is 2. The van der Waals surface area contributed by atoms with E-state index in [4.69, 9.17) is 9.84 Å². The fraction of sp³-hybridized carbons (Fsp3) is 0.462. The number of aliphatic carboxylic acids is 1. The first-order valence-electron chi connectivity index (χ1n) is 6.12. The number of pyridine rings is 1. The molecule has 1 atom stereocenters. The molecule has 2 heterocycles. The highest BCUT2D eigenvalue weighted by molar-refractivity contribution is 5.92. The zero-order valence-electron chi connectivity index (χ0n) is 10.7. The van der Waals surface area contributed by atoms with Crippen LogP contribution in [-0.2, 0) is 9.53 Å². The van der Waals surface area contributed by atoms with Gasteiger partial charge in [-0.15, -0.1) is 0 Å². The Morgan fingerprint density at radius 2 is 2.32 bits per heavy atom. The van der Waals surface area contributed by atoms with E-state index in [2.05, 4.69) is 4.98 Å². The molecule has 1 amide bonds. The molecule has 0 aliphatic carbocycles. The number of amides is 1. The molecule has 1 N–H and O–H groups in total. The van der Waals surface area contributed by atoms with Crippen LogP contribution in [0.3, 0.4) is 0 Å². The Hall–Kier alpha value is -1.95. The molecule has 6 heteroatoms. The summed E-state index contributed by atoms with van der Waals surface area (Å²) < 4.78 is 5.33. The Labute approximate surface area is 111 Å². The molecule has 1 aliphatic rings. The van der Waals surface area contributed by atoms with Crippen LogP contribution in [-0.4, -0.2) is 52.7 Å². The van der Waals surface area contributed by atoms with Gasteiger partial charge in [-0.25, -0.2) is 4.98 Å². The zero-order valence-corrected chi connectivity index (χ0v) is 10.7. The van der Waals surface area contributed by atoms with Gasteiger partial charge in [0.2, 0.25) is 0 Å². The van der Waals surface area contributed by atoms with E-state index >= 15 is 0 Å². The molecule has 1 fully saturated rings. The second-order valence-corrected chi connectivity index (χ2v) is 4.51. The fourth-order valence-electron chi connectivity index (χ4n) is 2.05. The van der Waals surface area contributed by atoms with Crippen molar-refractivity contribution in [3.05, 3.63) is 29.6 Å². The summed E-state index contributed by atoms with van der Waals surface area (Å²) in [5, 5.41) is 8.75. The molecule has 1 aromatic rings. The largest absolute Gasteiger partial charge is 0.481 e. The van der Waals surface area contributed by atoms with Crippen molar-refractivity contribution in [1.82, 2.24) is 9.88 Å². The van der Waals surface area contributed by atoms with E-state index in [0.717, 1.165) is 5.69 Å². The van der Waals surface area contributed by atoms with Gasteiger partial charge in [-0.2, -0.15) is 0 Å². The SMILES string of the molecule is Cc1cccc(C(=O)N2CCOC(CC(=O)O)C2)n1. The molecule has 6 nitrogen and oxygen atoms in total. The van der Waals surface area contributed by atoms with Crippen LogP contribution in [0.25, 0.3) is 0 Å². The second kappa shape index (κ2) is 5.79. The minimum atomic E-state index is -0.923. The van der Waals surface area contributed by atoms with Gasteiger partial charge in [0.15, 0.2) is 0 Å². The first kappa shape index (κ1) is 13.5. The maximum absolute atomic E-state index is 12.2. The Kier molecular flexibility index (Phi) is 4.11. The van der Waals surface area contributed by atoms with Crippen molar-refractivity contribution < 1.29 is 19.4 Å². The second-order valence-electron chi connectivity index (χ2n) is 4.51. The van der Waals surface area contributed by atoms with Gasteiger partial charge in [0.05, 0.1) is 19.1 Å². The smallest absolute Gasteiger partial charge is 0.306 e. The minimum absolute atomic E-state index is 0.0922. The first-order valence-corrected chi connectivity index (χ1v) is 6.12. The van der Waals surface area contributed by atoms with Gasteiger partial charge in [0.1, 0.15) is 5.69 Å². The van der Waals surface area contributed by atoms with Crippen LogP contribution in [0.15, 0.2) is 18.2 Å². The maximum atomic E-state index is 12.2. The zero-order chi connectivity index (χ0) is 13.8. The third-order valence-corrected chi connectivity index (χ3v) is 2.94. The highest BCUT2D eigenvalue weighted by atomic mass is 16.5. The number of hydrogen-bond acceptors (Lipinski definition) is 4. The van der Waals surface area contributed by atoms with E-state index < -0.39 is 12.1 Å². The quantitative estimate of drug-likeness (QED) is 0.869. The highest BCUT2D eigenvalue weighted by Gasteiger charge is 2.27. The van der Waals surface area contributed by atoms with Gasteiger partial charge in [0.25, 0.3) is 5.91 Å². The number of carboxylic acid groups (broad SMARTS) is 1. The fourth-order valence-corrected chi connectivity index (χ4v) is 2.05. The van der Waals surface area contributed by atoms with Gasteiger partial charge in [0, 0.05) is 18.8 Å². The molecular weight excluding hydrogens is 248 g/mol. The predicted octanol–water partition coefficient (Wildman–Crippen LogP) is 0.706. The molecule has 1 saturated heterocycles. The molecule has 1 aliphatic heterocycles. The number of rotatable bonds is 3. The van der Waals surface area contributed by atoms with Crippen molar-refractivity contribution in [3.8, 4) is 0 Å². The summed E-state index contributed by atoms with van der Waals surface area (Å²) in [5.41, 5.74) is 1.16. The average Bonchev–Trinajstić information content (AvgIpc) is 2.37. The summed E-state index contributed by atoms with van der Waals surface area (Å²) in [7, 11) is 0. The Morgan fingerprint density at radius 1 is 1.53 bits per heavy atom. The molecule has 1 aromatic heterocycles. The van der Waals surface area contributed by atoms with Crippen LogP contribution in [0.5, 0.6) is 0 Å². The van der Waals surface area contributed by atoms with E-state index in [9.17, 15) is 9.59 Å². The average molecular weight is 264 g/mol. The van der Waals surface area contributed by atoms with Crippen molar-refractivity contribution in [2.75, 3.05) is 19.7 Å². The number of aromatic nitrogens is 1. The summed E-state index contributed by atoms with van der Waals surface area (Å²) in [4.78, 5) is 28.7. The molecule has 0 bridgehead atoms. The Morgan fingerprint density at radius 3 is 3.00 bits per heavy atom. The topological polar surface area (TPSA) is 79.7 Å². The Balaban J connectivity index is 2.04. The number of hydrogen-bond donors (Lipinski definition) is 1. The molecule has 1 unspecified atom stereocenters. The van der Waals surface area contributed by atoms with Crippen molar-refractivity contribution >= 4 is 11.9 Å². The standard InChI is InChI=1S/C13H16N2O4/c1-9-3-2-4-11(14-9)13(18)15-5-6-19-10(8-15)7-12(16)17/h2-4,10H,5-8H2,1H3,(H,16,17).